The number of fused-ring (bicyclic) bond motifs is 5. The van der Waals surface area contributed by atoms with E-state index in [4.69, 9.17) is 32.5 Å². The molecule has 1 aromatic heterocycles. The lowest BCUT2D eigenvalue weighted by molar-refractivity contribution is -0.123. The van der Waals surface area contributed by atoms with E-state index in [2.05, 4.69) is 10.5 Å². The average Bonchev–Trinajstić information content (AvgIpc) is 3.52. The SMILES string of the molecule is Cc1cc(NC(=O)COC(=O)c2ccc(N3C(=O)[C@@H]4[C@H]5C[C@@H]([C@@H](Cl)[C@H]5Cl)[C@H]4C3=O)cc2)no1. The van der Waals surface area contributed by atoms with Crippen LogP contribution >= 0.6 is 23.2 Å². The first-order chi connectivity index (χ1) is 15.8. The third-order valence-corrected chi connectivity index (χ3v) is 7.90. The molecule has 3 fully saturated rings. The van der Waals surface area contributed by atoms with Crippen molar-refractivity contribution in [2.75, 3.05) is 16.8 Å². The Labute approximate surface area is 198 Å². The van der Waals surface area contributed by atoms with E-state index in [0.29, 0.717) is 17.9 Å². The first-order valence-electron chi connectivity index (χ1n) is 10.4. The molecule has 1 N–H and O–H groups in total. The second-order valence-corrected chi connectivity index (χ2v) is 9.52. The minimum absolute atomic E-state index is 0.104. The fourth-order valence-corrected chi connectivity index (χ4v) is 6.06. The van der Waals surface area contributed by atoms with Crippen LogP contribution in [0.15, 0.2) is 34.9 Å². The fraction of sp³-hybridized carbons (Fsp3) is 0.409. The molecule has 172 valence electrons. The normalized spacial score (nSPS) is 30.0. The Morgan fingerprint density at radius 1 is 1.12 bits per heavy atom. The summed E-state index contributed by atoms with van der Waals surface area (Å²) in [5.41, 5.74) is 0.538. The summed E-state index contributed by atoms with van der Waals surface area (Å²) in [7, 11) is 0. The Bertz CT molecular complexity index is 1120. The molecule has 2 heterocycles. The van der Waals surface area contributed by atoms with Gasteiger partial charge in [-0.15, -0.1) is 23.2 Å². The van der Waals surface area contributed by atoms with E-state index >= 15 is 0 Å². The molecule has 2 aliphatic carbocycles. The largest absolute Gasteiger partial charge is 0.452 e. The molecule has 1 saturated heterocycles. The third-order valence-electron chi connectivity index (χ3n) is 6.58. The van der Waals surface area contributed by atoms with E-state index in [0.717, 1.165) is 4.90 Å². The minimum atomic E-state index is -0.725. The first-order valence-corrected chi connectivity index (χ1v) is 11.3. The van der Waals surface area contributed by atoms with Crippen LogP contribution in [0.5, 0.6) is 0 Å². The summed E-state index contributed by atoms with van der Waals surface area (Å²) in [6.07, 6.45) is 0.692. The molecule has 9 nitrogen and oxygen atoms in total. The van der Waals surface area contributed by atoms with Crippen LogP contribution in [-0.4, -0.2) is 46.2 Å². The number of carbonyl (C=O) groups is 4. The van der Waals surface area contributed by atoms with Crippen molar-refractivity contribution in [3.8, 4) is 0 Å². The predicted molar refractivity (Wildman–Crippen MR) is 117 cm³/mol. The monoisotopic (exact) mass is 491 g/mol. The van der Waals surface area contributed by atoms with Crippen LogP contribution in [0.3, 0.4) is 0 Å². The quantitative estimate of drug-likeness (QED) is 0.387. The van der Waals surface area contributed by atoms with E-state index in [1.54, 1.807) is 6.92 Å². The first kappa shape index (κ1) is 21.9. The number of nitrogens with zero attached hydrogens (tertiary/aromatic N) is 2. The van der Waals surface area contributed by atoms with E-state index < -0.39 is 30.3 Å². The van der Waals surface area contributed by atoms with Crippen LogP contribution in [0, 0.1) is 30.6 Å². The van der Waals surface area contributed by atoms with Gasteiger partial charge in [0.05, 0.1) is 33.8 Å². The molecule has 6 atom stereocenters. The van der Waals surface area contributed by atoms with Gasteiger partial charge < -0.3 is 14.6 Å². The Morgan fingerprint density at radius 2 is 1.73 bits per heavy atom. The van der Waals surface area contributed by atoms with E-state index in [9.17, 15) is 19.2 Å². The van der Waals surface area contributed by atoms with Crippen LogP contribution < -0.4 is 10.2 Å². The molecule has 2 bridgehead atoms. The maximum atomic E-state index is 13.0. The lowest BCUT2D eigenvalue weighted by Crippen LogP contribution is -2.37. The summed E-state index contributed by atoms with van der Waals surface area (Å²) in [6.45, 7) is 1.16. The maximum Gasteiger partial charge on any atom is 0.338 e. The number of hydrogen-bond donors (Lipinski definition) is 1. The molecular formula is C22H19Cl2N3O6. The number of aryl methyl sites for hydroxylation is 1. The topological polar surface area (TPSA) is 119 Å². The number of aromatic nitrogens is 1. The number of alkyl halides is 2. The summed E-state index contributed by atoms with van der Waals surface area (Å²) in [4.78, 5) is 51.4. The minimum Gasteiger partial charge on any atom is -0.452 e. The smallest absolute Gasteiger partial charge is 0.338 e. The number of carbonyl (C=O) groups excluding carboxylic acids is 4. The molecule has 2 aromatic rings. The number of imide groups is 1. The zero-order valence-corrected chi connectivity index (χ0v) is 18.9. The van der Waals surface area contributed by atoms with Gasteiger partial charge >= 0.3 is 5.97 Å². The van der Waals surface area contributed by atoms with Crippen LogP contribution in [0.25, 0.3) is 0 Å². The molecule has 33 heavy (non-hydrogen) atoms. The predicted octanol–water partition coefficient (Wildman–Crippen LogP) is 2.75. The summed E-state index contributed by atoms with van der Waals surface area (Å²) in [6, 6.07) is 7.41. The van der Waals surface area contributed by atoms with Gasteiger partial charge in [0.25, 0.3) is 5.91 Å². The van der Waals surface area contributed by atoms with Gasteiger partial charge in [-0.05, 0) is 49.4 Å². The molecule has 3 amide bonds. The molecule has 11 heteroatoms. The number of anilines is 2. The maximum absolute atomic E-state index is 13.0. The van der Waals surface area contributed by atoms with E-state index in [1.165, 1.54) is 30.3 Å². The van der Waals surface area contributed by atoms with Gasteiger partial charge in [-0.3, -0.25) is 19.3 Å². The van der Waals surface area contributed by atoms with Crippen molar-refractivity contribution < 1.29 is 28.4 Å². The van der Waals surface area contributed by atoms with Gasteiger partial charge in [0.2, 0.25) is 11.8 Å². The number of amides is 3. The second-order valence-electron chi connectivity index (χ2n) is 8.51. The molecule has 0 radical (unpaired) electrons. The van der Waals surface area contributed by atoms with Crippen molar-refractivity contribution in [3.05, 3.63) is 41.7 Å². The fourth-order valence-electron chi connectivity index (χ4n) is 5.17. The highest BCUT2D eigenvalue weighted by Crippen LogP contribution is 2.59. The Hall–Kier alpha value is -2.91. The molecule has 5 rings (SSSR count). The number of rotatable bonds is 5. The summed E-state index contributed by atoms with van der Waals surface area (Å²) >= 11 is 12.8. The van der Waals surface area contributed by atoms with Gasteiger partial charge in [0, 0.05) is 6.07 Å². The van der Waals surface area contributed by atoms with Crippen molar-refractivity contribution in [3.63, 3.8) is 0 Å². The molecule has 2 saturated carbocycles. The molecule has 0 spiro atoms. The summed E-state index contributed by atoms with van der Waals surface area (Å²) < 4.78 is 9.85. The van der Waals surface area contributed by atoms with Crippen molar-refractivity contribution in [2.45, 2.75) is 24.1 Å². The summed E-state index contributed by atoms with van der Waals surface area (Å²) in [5.74, 6) is -2.21. The standard InChI is InChI=1S/C22H19Cl2N3O6/c1-9-6-14(26-33-9)25-15(28)8-32-22(31)10-2-4-11(5-3-10)27-20(29)16-12-7-13(17(16)21(27)30)19(24)18(12)23/h2-6,12-13,16-19H,7-8H2,1H3,(H,25,26,28)/t12-,13-,16-,17-,18-,19+/m1/s1. The molecule has 1 aliphatic heterocycles. The lowest BCUT2D eigenvalue weighted by atomic mass is 9.80. The zero-order valence-electron chi connectivity index (χ0n) is 17.4. The summed E-state index contributed by atoms with van der Waals surface area (Å²) in [5, 5.41) is 5.42. The molecular weight excluding hydrogens is 473 g/mol. The van der Waals surface area contributed by atoms with Crippen LogP contribution in [-0.2, 0) is 19.1 Å². The van der Waals surface area contributed by atoms with Crippen molar-refractivity contribution in [1.82, 2.24) is 5.16 Å². The Kier molecular flexibility index (Phi) is 5.41. The van der Waals surface area contributed by atoms with Gasteiger partial charge in [-0.2, -0.15) is 0 Å². The lowest BCUT2D eigenvalue weighted by Gasteiger charge is -2.28. The second kappa shape index (κ2) is 8.14. The number of ether oxygens (including phenoxy) is 1. The number of hydrogen-bond acceptors (Lipinski definition) is 7. The van der Waals surface area contributed by atoms with Crippen LogP contribution in [0.2, 0.25) is 0 Å². The third kappa shape index (κ3) is 3.59. The zero-order chi connectivity index (χ0) is 23.4. The van der Waals surface area contributed by atoms with E-state index in [1.807, 2.05) is 0 Å². The highest BCUT2D eigenvalue weighted by atomic mass is 35.5. The number of halogens is 2. The Morgan fingerprint density at radius 3 is 2.27 bits per heavy atom. The van der Waals surface area contributed by atoms with E-state index in [-0.39, 0.29) is 45.8 Å². The molecule has 1 aromatic carbocycles. The number of benzene rings is 1. The number of esters is 1. The number of nitrogens with one attached hydrogen (secondary N) is 1. The van der Waals surface area contributed by atoms with Crippen LogP contribution in [0.1, 0.15) is 22.5 Å². The van der Waals surface area contributed by atoms with Gasteiger partial charge in [-0.1, -0.05) is 5.16 Å². The van der Waals surface area contributed by atoms with Gasteiger partial charge in [0.15, 0.2) is 12.4 Å². The highest BCUT2D eigenvalue weighted by molar-refractivity contribution is 6.32. The molecule has 0 unspecified atom stereocenters. The Balaban J connectivity index is 1.23. The van der Waals surface area contributed by atoms with Gasteiger partial charge in [-0.25, -0.2) is 4.79 Å². The highest BCUT2D eigenvalue weighted by Gasteiger charge is 2.66. The van der Waals surface area contributed by atoms with Crippen molar-refractivity contribution >= 4 is 58.4 Å². The van der Waals surface area contributed by atoms with Crippen LogP contribution in [0.4, 0.5) is 11.5 Å². The average molecular weight is 492 g/mol. The van der Waals surface area contributed by atoms with Gasteiger partial charge in [0.1, 0.15) is 5.76 Å². The van der Waals surface area contributed by atoms with Crippen molar-refractivity contribution in [1.29, 1.82) is 0 Å². The molecule has 3 aliphatic rings. The van der Waals surface area contributed by atoms with Crippen molar-refractivity contribution in [2.24, 2.45) is 23.7 Å².